The number of nitrogens with one attached hydrogen (secondary N) is 1. The number of methoxy groups -OCH3 is 1. The molecule has 0 fully saturated rings. The van der Waals surface area contributed by atoms with Crippen LogP contribution in [0.25, 0.3) is 0 Å². The minimum atomic E-state index is -3.94. The van der Waals surface area contributed by atoms with Crippen LogP contribution >= 0.6 is 0 Å². The highest BCUT2D eigenvalue weighted by atomic mass is 32.2. The fourth-order valence-corrected chi connectivity index (χ4v) is 4.07. The molecule has 2 aliphatic rings. The van der Waals surface area contributed by atoms with E-state index in [1.54, 1.807) is 13.0 Å². The SMILES string of the molecule is COC(=O)[C@H]1C=CCN1S(=O)(=O)c1ccc2c(c1)NC(=O)[C@@H](C)O2. The van der Waals surface area contributed by atoms with Crippen LogP contribution in [0.3, 0.4) is 0 Å². The molecule has 0 saturated carbocycles. The molecule has 2 aliphatic heterocycles. The smallest absolute Gasteiger partial charge is 0.328 e. The fourth-order valence-electron chi connectivity index (χ4n) is 2.55. The van der Waals surface area contributed by atoms with Crippen LogP contribution in [0, 0.1) is 0 Å². The molecule has 0 unspecified atom stereocenters. The van der Waals surface area contributed by atoms with Crippen LogP contribution in [-0.4, -0.2) is 50.4 Å². The van der Waals surface area contributed by atoms with Gasteiger partial charge in [0, 0.05) is 6.54 Å². The van der Waals surface area contributed by atoms with Gasteiger partial charge < -0.3 is 14.8 Å². The molecule has 1 aromatic carbocycles. The molecule has 1 amide bonds. The zero-order valence-corrected chi connectivity index (χ0v) is 13.9. The van der Waals surface area contributed by atoms with Crippen LogP contribution in [-0.2, 0) is 24.3 Å². The summed E-state index contributed by atoms with van der Waals surface area (Å²) in [5, 5.41) is 2.60. The Morgan fingerprint density at radius 2 is 2.17 bits per heavy atom. The van der Waals surface area contributed by atoms with Crippen molar-refractivity contribution in [2.45, 2.75) is 24.0 Å². The molecule has 0 aliphatic carbocycles. The Bertz CT molecular complexity index is 832. The number of carbonyl (C=O) groups excluding carboxylic acids is 2. The lowest BCUT2D eigenvalue weighted by Crippen LogP contribution is -2.41. The van der Waals surface area contributed by atoms with Crippen molar-refractivity contribution >= 4 is 27.6 Å². The Kier molecular flexibility index (Phi) is 4.06. The van der Waals surface area contributed by atoms with E-state index in [2.05, 4.69) is 10.1 Å². The molecular formula is C15H16N2O6S. The second-order valence-electron chi connectivity index (χ2n) is 5.38. The van der Waals surface area contributed by atoms with E-state index in [1.165, 1.54) is 31.4 Å². The molecule has 2 heterocycles. The summed E-state index contributed by atoms with van der Waals surface area (Å²) >= 11 is 0. The molecule has 0 radical (unpaired) electrons. The normalized spacial score (nSPS) is 23.3. The van der Waals surface area contributed by atoms with Crippen molar-refractivity contribution in [3.05, 3.63) is 30.4 Å². The van der Waals surface area contributed by atoms with Gasteiger partial charge in [-0.25, -0.2) is 13.2 Å². The Hall–Kier alpha value is -2.39. The number of amides is 1. The predicted molar refractivity (Wildman–Crippen MR) is 84.0 cm³/mol. The molecule has 9 heteroatoms. The van der Waals surface area contributed by atoms with E-state index in [0.717, 1.165) is 4.31 Å². The number of hydrogen-bond acceptors (Lipinski definition) is 6. The summed E-state index contributed by atoms with van der Waals surface area (Å²) < 4.78 is 36.7. The molecule has 24 heavy (non-hydrogen) atoms. The summed E-state index contributed by atoms with van der Waals surface area (Å²) in [4.78, 5) is 23.4. The lowest BCUT2D eigenvalue weighted by atomic mass is 10.2. The van der Waals surface area contributed by atoms with Crippen LogP contribution in [0.15, 0.2) is 35.2 Å². The Morgan fingerprint density at radius 1 is 1.42 bits per heavy atom. The molecule has 0 aromatic heterocycles. The summed E-state index contributed by atoms with van der Waals surface area (Å²) in [7, 11) is -2.74. The minimum absolute atomic E-state index is 0.0442. The van der Waals surface area contributed by atoms with Crippen molar-refractivity contribution in [2.24, 2.45) is 0 Å². The van der Waals surface area contributed by atoms with Crippen molar-refractivity contribution in [3.63, 3.8) is 0 Å². The van der Waals surface area contributed by atoms with Gasteiger partial charge in [-0.3, -0.25) is 4.79 Å². The maximum absolute atomic E-state index is 12.8. The quantitative estimate of drug-likeness (QED) is 0.628. The second kappa shape index (κ2) is 5.91. The number of nitrogens with zero attached hydrogens (tertiary/aromatic N) is 1. The van der Waals surface area contributed by atoms with Gasteiger partial charge in [-0.15, -0.1) is 0 Å². The van der Waals surface area contributed by atoms with Crippen LogP contribution in [0.4, 0.5) is 5.69 Å². The van der Waals surface area contributed by atoms with E-state index in [-0.39, 0.29) is 23.0 Å². The number of anilines is 1. The topological polar surface area (TPSA) is 102 Å². The number of fused-ring (bicyclic) bond motifs is 1. The maximum atomic E-state index is 12.8. The lowest BCUT2D eigenvalue weighted by Gasteiger charge is -2.25. The monoisotopic (exact) mass is 352 g/mol. The van der Waals surface area contributed by atoms with Gasteiger partial charge in [-0.1, -0.05) is 12.2 Å². The van der Waals surface area contributed by atoms with Crippen molar-refractivity contribution in [1.29, 1.82) is 0 Å². The summed E-state index contributed by atoms with van der Waals surface area (Å²) in [6.45, 7) is 1.67. The Morgan fingerprint density at radius 3 is 2.88 bits per heavy atom. The van der Waals surface area contributed by atoms with Crippen LogP contribution < -0.4 is 10.1 Å². The highest BCUT2D eigenvalue weighted by molar-refractivity contribution is 7.89. The standard InChI is InChI=1S/C15H16N2O6S/c1-9-14(18)16-11-8-10(5-6-13(11)23-9)24(20,21)17-7-3-4-12(17)15(19)22-2/h3-6,8-9,12H,7H2,1-2H3,(H,16,18)/t9-,12-/m1/s1. The minimum Gasteiger partial charge on any atom is -0.479 e. The predicted octanol–water partition coefficient (Wildman–Crippen LogP) is 0.508. The van der Waals surface area contributed by atoms with E-state index >= 15 is 0 Å². The molecule has 2 atom stereocenters. The first kappa shape index (κ1) is 16.5. The zero-order valence-electron chi connectivity index (χ0n) is 13.1. The molecule has 0 bridgehead atoms. The lowest BCUT2D eigenvalue weighted by molar-refractivity contribution is -0.143. The van der Waals surface area contributed by atoms with Crippen molar-refractivity contribution < 1.29 is 27.5 Å². The molecule has 1 N–H and O–H groups in total. The summed E-state index contributed by atoms with van der Waals surface area (Å²) in [6, 6.07) is 3.18. The highest BCUT2D eigenvalue weighted by Gasteiger charge is 2.38. The van der Waals surface area contributed by atoms with Crippen molar-refractivity contribution in [1.82, 2.24) is 4.31 Å². The van der Waals surface area contributed by atoms with Gasteiger partial charge in [0.15, 0.2) is 6.10 Å². The van der Waals surface area contributed by atoms with E-state index in [9.17, 15) is 18.0 Å². The molecule has 0 saturated heterocycles. The average molecular weight is 352 g/mol. The van der Waals surface area contributed by atoms with Gasteiger partial charge in [0.1, 0.15) is 11.8 Å². The second-order valence-corrected chi connectivity index (χ2v) is 7.27. The van der Waals surface area contributed by atoms with E-state index in [1.807, 2.05) is 0 Å². The van der Waals surface area contributed by atoms with Crippen LogP contribution in [0.2, 0.25) is 0 Å². The van der Waals surface area contributed by atoms with Crippen LogP contribution in [0.1, 0.15) is 6.92 Å². The van der Waals surface area contributed by atoms with Gasteiger partial charge in [0.25, 0.3) is 5.91 Å². The van der Waals surface area contributed by atoms with E-state index < -0.39 is 28.1 Å². The maximum Gasteiger partial charge on any atom is 0.328 e. The third-order valence-electron chi connectivity index (χ3n) is 3.85. The molecule has 3 rings (SSSR count). The van der Waals surface area contributed by atoms with Gasteiger partial charge >= 0.3 is 5.97 Å². The Labute approximate surface area is 139 Å². The first-order valence-corrected chi connectivity index (χ1v) is 8.66. The van der Waals surface area contributed by atoms with Crippen molar-refractivity contribution in [2.75, 3.05) is 19.0 Å². The molecule has 128 valence electrons. The number of carbonyl (C=O) groups is 2. The number of hydrogen-bond donors (Lipinski definition) is 1. The first-order valence-electron chi connectivity index (χ1n) is 7.22. The largest absolute Gasteiger partial charge is 0.479 e. The molecule has 1 aromatic rings. The number of ether oxygens (including phenoxy) is 2. The first-order chi connectivity index (χ1) is 11.3. The number of sulfonamides is 1. The van der Waals surface area contributed by atoms with Gasteiger partial charge in [-0.05, 0) is 25.1 Å². The third-order valence-corrected chi connectivity index (χ3v) is 5.69. The summed E-state index contributed by atoms with van der Waals surface area (Å²) in [5.41, 5.74) is 0.279. The number of rotatable bonds is 3. The van der Waals surface area contributed by atoms with Crippen molar-refractivity contribution in [3.8, 4) is 5.75 Å². The highest BCUT2D eigenvalue weighted by Crippen LogP contribution is 2.33. The summed E-state index contributed by atoms with van der Waals surface area (Å²) in [6.07, 6.45) is 2.42. The van der Waals surface area contributed by atoms with Gasteiger partial charge in [-0.2, -0.15) is 4.31 Å². The van der Waals surface area contributed by atoms with E-state index in [0.29, 0.717) is 5.75 Å². The Balaban J connectivity index is 1.95. The molecular weight excluding hydrogens is 336 g/mol. The number of esters is 1. The fraction of sp³-hybridized carbons (Fsp3) is 0.333. The van der Waals surface area contributed by atoms with Gasteiger partial charge in [0.05, 0.1) is 17.7 Å². The van der Waals surface area contributed by atoms with Crippen LogP contribution in [0.5, 0.6) is 5.75 Å². The van der Waals surface area contributed by atoms with Gasteiger partial charge in [0.2, 0.25) is 10.0 Å². The number of benzene rings is 1. The molecule has 8 nitrogen and oxygen atoms in total. The average Bonchev–Trinajstić information content (AvgIpc) is 3.05. The zero-order chi connectivity index (χ0) is 17.5. The summed E-state index contributed by atoms with van der Waals surface area (Å²) in [5.74, 6) is -0.617. The van der Waals surface area contributed by atoms with E-state index in [4.69, 9.17) is 4.74 Å². The third kappa shape index (κ3) is 2.65. The molecule has 0 spiro atoms.